The van der Waals surface area contributed by atoms with Gasteiger partial charge >= 0.3 is 0 Å². The molecule has 0 aromatic heterocycles. The maximum absolute atomic E-state index is 14.4. The first-order chi connectivity index (χ1) is 13.3. The number of hydrogen-bond donors (Lipinski definition) is 4. The average molecular weight is 388 g/mol. The Morgan fingerprint density at radius 1 is 1.18 bits per heavy atom. The third kappa shape index (κ3) is 5.27. The number of carbonyl (C=O) groups excluding carboxylic acids is 2. The van der Waals surface area contributed by atoms with Crippen LogP contribution >= 0.6 is 0 Å². The van der Waals surface area contributed by atoms with Crippen LogP contribution in [0.2, 0.25) is 0 Å². The number of halogens is 1. The quantitative estimate of drug-likeness (QED) is 0.374. The van der Waals surface area contributed by atoms with Crippen LogP contribution in [0, 0.1) is 11.2 Å². The topological polar surface area (TPSA) is 141 Å². The fourth-order valence-electron chi connectivity index (χ4n) is 2.49. The molecule has 2 rings (SSSR count). The fourth-order valence-corrected chi connectivity index (χ4v) is 2.49. The molecule has 0 spiro atoms. The number of nitrogens with two attached hydrogens (primary N) is 2. The van der Waals surface area contributed by atoms with Gasteiger partial charge in [-0.3, -0.25) is 15.0 Å². The molecule has 1 unspecified atom stereocenters. The molecule has 0 saturated carbocycles. The predicted molar refractivity (Wildman–Crippen MR) is 100 cm³/mol. The first-order valence-electron chi connectivity index (χ1n) is 8.26. The van der Waals surface area contributed by atoms with Gasteiger partial charge in [0.2, 0.25) is 0 Å². The van der Waals surface area contributed by atoms with Gasteiger partial charge in [0.1, 0.15) is 17.4 Å². The molecule has 1 atom stereocenters. The van der Waals surface area contributed by atoms with Crippen LogP contribution in [0.4, 0.5) is 4.39 Å². The van der Waals surface area contributed by atoms with Gasteiger partial charge < -0.3 is 26.3 Å². The highest BCUT2D eigenvalue weighted by Gasteiger charge is 2.27. The zero-order valence-corrected chi connectivity index (χ0v) is 15.2. The zero-order valence-electron chi connectivity index (χ0n) is 15.2. The molecule has 0 radical (unpaired) electrons. The van der Waals surface area contributed by atoms with Gasteiger partial charge in [0.15, 0.2) is 12.7 Å². The second kappa shape index (κ2) is 9.47. The number of amidine groups is 1. The molecule has 28 heavy (non-hydrogen) atoms. The highest BCUT2D eigenvalue weighted by atomic mass is 19.1. The molecule has 0 aliphatic carbocycles. The van der Waals surface area contributed by atoms with Crippen molar-refractivity contribution in [1.29, 1.82) is 5.41 Å². The zero-order chi connectivity index (χ0) is 20.7. The first-order valence-corrected chi connectivity index (χ1v) is 8.26. The van der Waals surface area contributed by atoms with E-state index >= 15 is 0 Å². The van der Waals surface area contributed by atoms with E-state index in [1.165, 1.54) is 19.2 Å². The summed E-state index contributed by atoms with van der Waals surface area (Å²) in [6.07, 6.45) is -1.29. The molecule has 2 aromatic rings. The number of carbonyl (C=O) groups is 2. The van der Waals surface area contributed by atoms with Gasteiger partial charge in [0, 0.05) is 19.2 Å². The van der Waals surface area contributed by atoms with E-state index in [1.807, 2.05) is 0 Å². The predicted octanol–water partition coefficient (Wildman–Crippen LogP) is 0.978. The lowest BCUT2D eigenvalue weighted by Crippen LogP contribution is -2.31. The molecule has 2 amide bonds. The Morgan fingerprint density at radius 2 is 1.86 bits per heavy atom. The van der Waals surface area contributed by atoms with Gasteiger partial charge in [0.05, 0.1) is 5.56 Å². The summed E-state index contributed by atoms with van der Waals surface area (Å²) in [5.74, 6) is -2.10. The maximum Gasteiger partial charge on any atom is 0.255 e. The number of rotatable bonds is 9. The lowest BCUT2D eigenvalue weighted by atomic mass is 10.1. The van der Waals surface area contributed by atoms with Crippen molar-refractivity contribution in [2.24, 2.45) is 11.5 Å². The highest BCUT2D eigenvalue weighted by Crippen LogP contribution is 2.30. The number of benzene rings is 2. The second-order valence-electron chi connectivity index (χ2n) is 5.85. The summed E-state index contributed by atoms with van der Waals surface area (Å²) >= 11 is 0. The number of ether oxygens (including phenoxy) is 2. The van der Waals surface area contributed by atoms with Crippen LogP contribution in [0.1, 0.15) is 22.8 Å². The number of amides is 2. The van der Waals surface area contributed by atoms with Gasteiger partial charge in [-0.1, -0.05) is 30.3 Å². The Balaban J connectivity index is 2.14. The number of methoxy groups -OCH3 is 1. The normalized spacial score (nSPS) is 11.5. The summed E-state index contributed by atoms with van der Waals surface area (Å²) in [4.78, 5) is 23.5. The number of nitrogens with one attached hydrogen (secondary N) is 2. The van der Waals surface area contributed by atoms with Crippen molar-refractivity contribution < 1.29 is 23.5 Å². The molecule has 0 saturated heterocycles. The van der Waals surface area contributed by atoms with E-state index in [9.17, 15) is 14.0 Å². The molecular formula is C19H21FN4O4. The third-order valence-electron chi connectivity index (χ3n) is 3.85. The van der Waals surface area contributed by atoms with Crippen LogP contribution in [-0.4, -0.2) is 31.4 Å². The molecule has 148 valence electrons. The van der Waals surface area contributed by atoms with Crippen molar-refractivity contribution >= 4 is 17.6 Å². The lowest BCUT2D eigenvalue weighted by molar-refractivity contribution is -0.131. The van der Waals surface area contributed by atoms with Crippen molar-refractivity contribution in [3.05, 3.63) is 65.0 Å². The molecule has 9 heteroatoms. The smallest absolute Gasteiger partial charge is 0.255 e. The van der Waals surface area contributed by atoms with Gasteiger partial charge in [-0.2, -0.15) is 0 Å². The summed E-state index contributed by atoms with van der Waals surface area (Å²) in [6, 6.07) is 10.7. The monoisotopic (exact) mass is 388 g/mol. The van der Waals surface area contributed by atoms with E-state index in [2.05, 4.69) is 5.32 Å². The Morgan fingerprint density at radius 3 is 2.43 bits per heavy atom. The summed E-state index contributed by atoms with van der Waals surface area (Å²) in [5.41, 5.74) is 11.6. The number of nitrogen functional groups attached to an aromatic ring is 1. The van der Waals surface area contributed by atoms with Crippen molar-refractivity contribution in [2.75, 3.05) is 13.7 Å². The van der Waals surface area contributed by atoms with Crippen LogP contribution in [0.3, 0.4) is 0 Å². The van der Waals surface area contributed by atoms with Crippen LogP contribution in [0.15, 0.2) is 42.5 Å². The first kappa shape index (κ1) is 20.8. The summed E-state index contributed by atoms with van der Waals surface area (Å²) < 4.78 is 24.7. The van der Waals surface area contributed by atoms with Gasteiger partial charge in [-0.15, -0.1) is 0 Å². The molecule has 0 bridgehead atoms. The van der Waals surface area contributed by atoms with Gasteiger partial charge in [0.25, 0.3) is 11.8 Å². The minimum absolute atomic E-state index is 0.00777. The SMILES string of the molecule is COC(C(=O)NCc1ccc(C(=N)N)cc1)c1c(F)cccc1OCC(N)=O. The number of primary amides is 1. The standard InChI is InChI=1S/C19H21FN4O4/c1-27-17(16-13(20)3-2-4-14(16)28-10-15(21)25)19(26)24-9-11-5-7-12(8-6-11)18(22)23/h2-8,17H,9-10H2,1H3,(H2,21,25)(H3,22,23)(H,24,26). The van der Waals surface area contributed by atoms with Crippen LogP contribution in [0.5, 0.6) is 5.75 Å². The summed E-state index contributed by atoms with van der Waals surface area (Å²) in [6.45, 7) is -0.306. The van der Waals surface area contributed by atoms with Gasteiger partial charge in [-0.05, 0) is 17.7 Å². The molecule has 0 aliphatic heterocycles. The summed E-state index contributed by atoms with van der Waals surface area (Å²) in [5, 5.41) is 10.0. The summed E-state index contributed by atoms with van der Waals surface area (Å²) in [7, 11) is 1.26. The Hall–Kier alpha value is -3.46. The minimum atomic E-state index is -1.29. The van der Waals surface area contributed by atoms with Gasteiger partial charge in [-0.25, -0.2) is 4.39 Å². The Kier molecular flexibility index (Phi) is 7.05. The van der Waals surface area contributed by atoms with Crippen LogP contribution in [-0.2, 0) is 20.9 Å². The largest absolute Gasteiger partial charge is 0.483 e. The van der Waals surface area contributed by atoms with E-state index in [1.54, 1.807) is 24.3 Å². The fraction of sp³-hybridized carbons (Fsp3) is 0.211. The molecular weight excluding hydrogens is 367 g/mol. The average Bonchev–Trinajstić information content (AvgIpc) is 2.67. The van der Waals surface area contributed by atoms with E-state index in [0.717, 1.165) is 11.6 Å². The highest BCUT2D eigenvalue weighted by molar-refractivity contribution is 5.94. The maximum atomic E-state index is 14.4. The second-order valence-corrected chi connectivity index (χ2v) is 5.85. The minimum Gasteiger partial charge on any atom is -0.483 e. The van der Waals surface area contributed by atoms with Crippen LogP contribution < -0.4 is 21.5 Å². The molecule has 0 fully saturated rings. The molecule has 2 aromatic carbocycles. The van der Waals surface area contributed by atoms with Crippen molar-refractivity contribution in [3.63, 3.8) is 0 Å². The lowest BCUT2D eigenvalue weighted by Gasteiger charge is -2.19. The van der Waals surface area contributed by atoms with Crippen molar-refractivity contribution in [3.8, 4) is 5.75 Å². The molecule has 0 heterocycles. The van der Waals surface area contributed by atoms with E-state index < -0.39 is 30.3 Å². The van der Waals surface area contributed by atoms with Crippen molar-refractivity contribution in [2.45, 2.75) is 12.6 Å². The van der Waals surface area contributed by atoms with Crippen LogP contribution in [0.25, 0.3) is 0 Å². The van der Waals surface area contributed by atoms with E-state index in [4.69, 9.17) is 26.4 Å². The molecule has 0 aliphatic rings. The Bertz CT molecular complexity index is 871. The number of hydrogen-bond acceptors (Lipinski definition) is 5. The molecule has 6 N–H and O–H groups in total. The van der Waals surface area contributed by atoms with Crippen molar-refractivity contribution in [1.82, 2.24) is 5.32 Å². The third-order valence-corrected chi connectivity index (χ3v) is 3.85. The van der Waals surface area contributed by atoms with E-state index in [-0.39, 0.29) is 23.7 Å². The van der Waals surface area contributed by atoms with E-state index in [0.29, 0.717) is 5.56 Å². The Labute approximate surface area is 161 Å². The molecule has 8 nitrogen and oxygen atoms in total.